The molecule has 0 spiro atoms. The van der Waals surface area contributed by atoms with Crippen LogP contribution < -0.4 is 0 Å². The Balaban J connectivity index is 1.62. The third-order valence-corrected chi connectivity index (χ3v) is 5.91. The molecule has 0 radical (unpaired) electrons. The van der Waals surface area contributed by atoms with Crippen LogP contribution in [0.2, 0.25) is 0 Å². The van der Waals surface area contributed by atoms with Crippen LogP contribution in [0.5, 0.6) is 0 Å². The second-order valence-electron chi connectivity index (χ2n) is 7.74. The molecule has 2 aliphatic rings. The van der Waals surface area contributed by atoms with Crippen molar-refractivity contribution in [2.24, 2.45) is 0 Å². The standard InChI is InChI=1S/C29H24BrN2O/c1-32(19-5-18-31)27-15-8-22(9-16-27)10-17-28-20-25(23-11-13-26(30)14-12-23)21-29(33-28)24-6-3-2-4-7-24/h2-4,6-17,20-21H,5,19H2,1H3/q+1/b22-10?,28-17+,32-27?. The molecule has 0 atom stereocenters. The lowest BCUT2D eigenvalue weighted by Crippen LogP contribution is -2.16. The summed E-state index contributed by atoms with van der Waals surface area (Å²) < 4.78 is 9.38. The van der Waals surface area contributed by atoms with Gasteiger partial charge in [-0.05, 0) is 59.2 Å². The first kappa shape index (κ1) is 22.5. The van der Waals surface area contributed by atoms with Gasteiger partial charge in [-0.3, -0.25) is 0 Å². The van der Waals surface area contributed by atoms with Gasteiger partial charge < -0.3 is 4.74 Å². The molecule has 4 rings (SSSR count). The average Bonchev–Trinajstić information content (AvgIpc) is 2.87. The molecule has 0 fully saturated rings. The Kier molecular flexibility index (Phi) is 7.34. The predicted octanol–water partition coefficient (Wildman–Crippen LogP) is 6.84. The molecule has 162 valence electrons. The fourth-order valence-electron chi connectivity index (χ4n) is 3.52. The van der Waals surface area contributed by atoms with Gasteiger partial charge in [-0.1, -0.05) is 64.5 Å². The molecule has 0 amide bonds. The van der Waals surface area contributed by atoms with Crippen molar-refractivity contribution in [2.75, 3.05) is 13.6 Å². The van der Waals surface area contributed by atoms with E-state index in [0.717, 1.165) is 50.5 Å². The second-order valence-corrected chi connectivity index (χ2v) is 8.66. The normalized spacial score (nSPS) is 16.1. The lowest BCUT2D eigenvalue weighted by Gasteiger charge is -2.18. The van der Waals surface area contributed by atoms with Crippen molar-refractivity contribution in [2.45, 2.75) is 6.42 Å². The lowest BCUT2D eigenvalue weighted by molar-refractivity contribution is -0.494. The molecular weight excluding hydrogens is 472 g/mol. The zero-order valence-corrected chi connectivity index (χ0v) is 20.0. The summed E-state index contributed by atoms with van der Waals surface area (Å²) >= 11 is 3.51. The highest BCUT2D eigenvalue weighted by atomic mass is 79.9. The summed E-state index contributed by atoms with van der Waals surface area (Å²) in [6.45, 7) is 0.718. The number of hydrogen-bond acceptors (Lipinski definition) is 2. The number of nitrogens with zero attached hydrogens (tertiary/aromatic N) is 2. The fraction of sp³-hybridized carbons (Fsp3) is 0.103. The highest BCUT2D eigenvalue weighted by molar-refractivity contribution is 9.10. The van der Waals surface area contributed by atoms with Crippen molar-refractivity contribution in [3.63, 3.8) is 0 Å². The third-order valence-electron chi connectivity index (χ3n) is 5.38. The Hall–Kier alpha value is -3.68. The van der Waals surface area contributed by atoms with Crippen molar-refractivity contribution >= 4 is 33.0 Å². The Bertz CT molecular complexity index is 1260. The number of nitriles is 1. The van der Waals surface area contributed by atoms with Gasteiger partial charge in [0.15, 0.2) is 12.3 Å². The van der Waals surface area contributed by atoms with E-state index in [-0.39, 0.29) is 0 Å². The van der Waals surface area contributed by atoms with Crippen LogP contribution in [0.4, 0.5) is 0 Å². The van der Waals surface area contributed by atoms with Gasteiger partial charge >= 0.3 is 0 Å². The van der Waals surface area contributed by atoms with Crippen LogP contribution >= 0.6 is 15.9 Å². The monoisotopic (exact) mass is 495 g/mol. The maximum absolute atomic E-state index is 8.78. The van der Waals surface area contributed by atoms with Gasteiger partial charge in [0.2, 0.25) is 0 Å². The van der Waals surface area contributed by atoms with Crippen LogP contribution in [0, 0.1) is 11.3 Å². The van der Waals surface area contributed by atoms with Crippen LogP contribution in [-0.2, 0) is 4.74 Å². The maximum Gasteiger partial charge on any atom is 0.199 e. The van der Waals surface area contributed by atoms with Gasteiger partial charge in [-0.25, -0.2) is 4.58 Å². The van der Waals surface area contributed by atoms with E-state index >= 15 is 0 Å². The molecule has 1 aliphatic carbocycles. The molecular formula is C29H24BrN2O+. The van der Waals surface area contributed by atoms with E-state index in [1.54, 1.807) is 0 Å². The first-order valence-corrected chi connectivity index (χ1v) is 11.6. The first-order valence-electron chi connectivity index (χ1n) is 10.8. The van der Waals surface area contributed by atoms with E-state index in [1.165, 1.54) is 0 Å². The van der Waals surface area contributed by atoms with Gasteiger partial charge in [-0.2, -0.15) is 5.26 Å². The number of hydrogen-bond donors (Lipinski definition) is 0. The van der Waals surface area contributed by atoms with Gasteiger partial charge in [0.25, 0.3) is 0 Å². The topological polar surface area (TPSA) is 36.0 Å². The smallest absolute Gasteiger partial charge is 0.199 e. The Labute approximate surface area is 203 Å². The highest BCUT2D eigenvalue weighted by Gasteiger charge is 2.14. The molecule has 3 nitrogen and oxygen atoms in total. The summed E-state index contributed by atoms with van der Waals surface area (Å²) in [5.74, 6) is 1.61. The molecule has 0 N–H and O–H groups in total. The summed E-state index contributed by atoms with van der Waals surface area (Å²) in [4.78, 5) is 0. The van der Waals surface area contributed by atoms with Crippen molar-refractivity contribution in [3.05, 3.63) is 130 Å². The Morgan fingerprint density at radius 3 is 2.33 bits per heavy atom. The summed E-state index contributed by atoms with van der Waals surface area (Å²) in [6, 6.07) is 20.6. The zero-order chi connectivity index (χ0) is 23.0. The van der Waals surface area contributed by atoms with E-state index in [9.17, 15) is 0 Å². The van der Waals surface area contributed by atoms with Crippen molar-refractivity contribution in [1.82, 2.24) is 0 Å². The minimum Gasteiger partial charge on any atom is -0.457 e. The quantitative estimate of drug-likeness (QED) is 0.425. The minimum atomic E-state index is 0.512. The fourth-order valence-corrected chi connectivity index (χ4v) is 3.79. The molecule has 0 unspecified atom stereocenters. The number of halogens is 1. The van der Waals surface area contributed by atoms with E-state index < -0.39 is 0 Å². The van der Waals surface area contributed by atoms with E-state index in [2.05, 4.69) is 93.4 Å². The second kappa shape index (κ2) is 10.8. The van der Waals surface area contributed by atoms with Crippen LogP contribution in [0.3, 0.4) is 0 Å². The molecule has 0 aromatic heterocycles. The number of benzene rings is 2. The van der Waals surface area contributed by atoms with E-state index in [1.807, 2.05) is 43.5 Å². The van der Waals surface area contributed by atoms with E-state index in [4.69, 9.17) is 10.00 Å². The predicted molar refractivity (Wildman–Crippen MR) is 138 cm³/mol. The Morgan fingerprint density at radius 1 is 0.909 bits per heavy atom. The summed E-state index contributed by atoms with van der Waals surface area (Å²) in [5.41, 5.74) is 5.44. The molecule has 1 heterocycles. The van der Waals surface area contributed by atoms with Crippen LogP contribution in [0.25, 0.3) is 11.3 Å². The molecule has 2 aromatic carbocycles. The van der Waals surface area contributed by atoms with Gasteiger partial charge in [0, 0.05) is 22.2 Å². The van der Waals surface area contributed by atoms with Crippen molar-refractivity contribution in [3.8, 4) is 6.07 Å². The number of allylic oxidation sites excluding steroid dienone is 10. The van der Waals surface area contributed by atoms with Gasteiger partial charge in [0.05, 0.1) is 12.5 Å². The van der Waals surface area contributed by atoms with E-state index in [0.29, 0.717) is 6.42 Å². The zero-order valence-electron chi connectivity index (χ0n) is 18.4. The largest absolute Gasteiger partial charge is 0.457 e. The molecule has 0 saturated carbocycles. The van der Waals surface area contributed by atoms with Gasteiger partial charge in [0.1, 0.15) is 18.6 Å². The first-order chi connectivity index (χ1) is 16.1. The molecule has 0 saturated heterocycles. The molecule has 2 aromatic rings. The summed E-state index contributed by atoms with van der Waals surface area (Å²) in [5, 5.41) is 8.78. The molecule has 33 heavy (non-hydrogen) atoms. The number of rotatable bonds is 5. The van der Waals surface area contributed by atoms with Gasteiger partial charge in [-0.15, -0.1) is 0 Å². The lowest BCUT2D eigenvalue weighted by atomic mass is 10.0. The molecule has 0 bridgehead atoms. The van der Waals surface area contributed by atoms with Crippen molar-refractivity contribution in [1.29, 1.82) is 5.26 Å². The highest BCUT2D eigenvalue weighted by Crippen LogP contribution is 2.32. The summed E-state index contributed by atoms with van der Waals surface area (Å²) in [7, 11) is 2.00. The SMILES string of the molecule is C[N+](CCC#N)=C1C=CC(=C/C=C2\C=C(c3ccc(Br)cc3)C=C(c3ccccc3)O2)C=C1. The van der Waals surface area contributed by atoms with Crippen molar-refractivity contribution < 1.29 is 9.31 Å². The van der Waals surface area contributed by atoms with Crippen LogP contribution in [0.15, 0.2) is 119 Å². The van der Waals surface area contributed by atoms with Crippen LogP contribution in [-0.4, -0.2) is 23.9 Å². The summed E-state index contributed by atoms with van der Waals surface area (Å²) in [6.07, 6.45) is 17.0. The third kappa shape index (κ3) is 5.97. The number of ether oxygens (including phenoxy) is 1. The molecule has 4 heteroatoms. The molecule has 1 aliphatic heterocycles. The Morgan fingerprint density at radius 2 is 1.64 bits per heavy atom. The van der Waals surface area contributed by atoms with Crippen LogP contribution in [0.1, 0.15) is 17.5 Å². The minimum absolute atomic E-state index is 0.512. The maximum atomic E-state index is 8.78. The average molecular weight is 496 g/mol.